The van der Waals surface area contributed by atoms with Crippen LogP contribution in [0.1, 0.15) is 49.7 Å². The average molecular weight is 349 g/mol. The van der Waals surface area contributed by atoms with Crippen LogP contribution in [-0.4, -0.2) is 71.0 Å². The van der Waals surface area contributed by atoms with Crippen LogP contribution in [0.4, 0.5) is 4.79 Å². The second-order valence-electron chi connectivity index (χ2n) is 7.40. The van der Waals surface area contributed by atoms with Gasteiger partial charge in [-0.25, -0.2) is 4.79 Å². The number of hydrogen-bond donors (Lipinski definition) is 2. The van der Waals surface area contributed by atoms with Crippen molar-refractivity contribution in [1.82, 2.24) is 25.3 Å². The number of hydrogen-bond acceptors (Lipinski definition) is 4. The number of urea groups is 1. The molecule has 1 aromatic heterocycles. The molecular formula is C18H31N5O2. The maximum absolute atomic E-state index is 12.8. The van der Waals surface area contributed by atoms with Gasteiger partial charge < -0.3 is 15.0 Å². The Balaban J connectivity index is 1.59. The van der Waals surface area contributed by atoms with Crippen molar-refractivity contribution in [2.24, 2.45) is 0 Å². The number of likely N-dealkylation sites (tertiary alicyclic amines) is 1. The van der Waals surface area contributed by atoms with Gasteiger partial charge in [0.25, 0.3) is 0 Å². The van der Waals surface area contributed by atoms with E-state index in [2.05, 4.69) is 34.3 Å². The van der Waals surface area contributed by atoms with Gasteiger partial charge in [-0.05, 0) is 40.5 Å². The molecule has 7 heteroatoms. The van der Waals surface area contributed by atoms with Gasteiger partial charge in [-0.3, -0.25) is 10.00 Å². The summed E-state index contributed by atoms with van der Waals surface area (Å²) in [6.45, 7) is 12.3. The van der Waals surface area contributed by atoms with Crippen molar-refractivity contribution in [3.8, 4) is 0 Å². The molecule has 2 N–H and O–H groups in total. The topological polar surface area (TPSA) is 73.5 Å². The van der Waals surface area contributed by atoms with E-state index >= 15 is 0 Å². The number of aromatic nitrogens is 2. The molecule has 2 saturated heterocycles. The number of amides is 2. The number of morpholine rings is 1. The molecule has 0 spiro atoms. The number of carbonyl (C=O) groups excluding carboxylic acids is 1. The van der Waals surface area contributed by atoms with E-state index in [1.165, 1.54) is 5.56 Å². The lowest BCUT2D eigenvalue weighted by molar-refractivity contribution is -0.0178. The second-order valence-corrected chi connectivity index (χ2v) is 7.40. The molecule has 0 unspecified atom stereocenters. The zero-order chi connectivity index (χ0) is 18.0. The molecule has 7 nitrogen and oxygen atoms in total. The standard InChI is InChI=1S/C18H31N5O2/c1-12(22-8-9-25-11-13(22)2)10-19-18(24)23-7-5-6-16(23)17-14(3)20-21-15(17)4/h12-13,16H,5-11H2,1-4H3,(H,19,24)(H,20,21)/t12-,13-,16+/m1/s1. The van der Waals surface area contributed by atoms with Crippen molar-refractivity contribution in [3.05, 3.63) is 17.0 Å². The first-order valence-electron chi connectivity index (χ1n) is 9.38. The summed E-state index contributed by atoms with van der Waals surface area (Å²) in [7, 11) is 0. The lowest BCUT2D eigenvalue weighted by Crippen LogP contribution is -2.53. The maximum Gasteiger partial charge on any atom is 0.317 e. The smallest absolute Gasteiger partial charge is 0.317 e. The molecule has 25 heavy (non-hydrogen) atoms. The van der Waals surface area contributed by atoms with Crippen LogP contribution < -0.4 is 5.32 Å². The largest absolute Gasteiger partial charge is 0.379 e. The van der Waals surface area contributed by atoms with Gasteiger partial charge in [0, 0.05) is 43.0 Å². The van der Waals surface area contributed by atoms with Crippen molar-refractivity contribution in [1.29, 1.82) is 0 Å². The molecule has 0 bridgehead atoms. The minimum absolute atomic E-state index is 0.0373. The van der Waals surface area contributed by atoms with E-state index in [0.29, 0.717) is 18.6 Å². The van der Waals surface area contributed by atoms with Crippen LogP contribution in [0.5, 0.6) is 0 Å². The van der Waals surface area contributed by atoms with E-state index in [-0.39, 0.29) is 12.1 Å². The highest BCUT2D eigenvalue weighted by atomic mass is 16.5. The third-order valence-corrected chi connectivity index (χ3v) is 5.57. The molecule has 2 aliphatic rings. The predicted octanol–water partition coefficient (Wildman–Crippen LogP) is 1.98. The quantitative estimate of drug-likeness (QED) is 0.872. The van der Waals surface area contributed by atoms with E-state index < -0.39 is 0 Å². The van der Waals surface area contributed by atoms with Gasteiger partial charge in [0.1, 0.15) is 0 Å². The summed E-state index contributed by atoms with van der Waals surface area (Å²) in [6.07, 6.45) is 2.04. The molecule has 0 radical (unpaired) electrons. The minimum atomic E-state index is 0.0373. The Morgan fingerprint density at radius 1 is 1.44 bits per heavy atom. The first-order valence-corrected chi connectivity index (χ1v) is 9.38. The van der Waals surface area contributed by atoms with Crippen LogP contribution in [0.25, 0.3) is 0 Å². The minimum Gasteiger partial charge on any atom is -0.379 e. The lowest BCUT2D eigenvalue weighted by Gasteiger charge is -2.38. The summed E-state index contributed by atoms with van der Waals surface area (Å²) in [5.41, 5.74) is 3.25. The zero-order valence-electron chi connectivity index (χ0n) is 15.8. The average Bonchev–Trinajstić information content (AvgIpc) is 3.19. The number of carbonyl (C=O) groups is 1. The summed E-state index contributed by atoms with van der Waals surface area (Å²) in [6, 6.07) is 0.879. The van der Waals surface area contributed by atoms with Gasteiger partial charge in [0.15, 0.2) is 0 Å². The number of ether oxygens (including phenoxy) is 1. The van der Waals surface area contributed by atoms with Gasteiger partial charge in [0.2, 0.25) is 0 Å². The summed E-state index contributed by atoms with van der Waals surface area (Å²) in [5, 5.41) is 10.5. The zero-order valence-corrected chi connectivity index (χ0v) is 15.8. The van der Waals surface area contributed by atoms with Crippen molar-refractivity contribution in [3.63, 3.8) is 0 Å². The van der Waals surface area contributed by atoms with Gasteiger partial charge in [-0.2, -0.15) is 5.10 Å². The highest BCUT2D eigenvalue weighted by Crippen LogP contribution is 2.34. The molecule has 140 valence electrons. The lowest BCUT2D eigenvalue weighted by atomic mass is 10.0. The van der Waals surface area contributed by atoms with Gasteiger partial charge in [0.05, 0.1) is 24.9 Å². The van der Waals surface area contributed by atoms with Gasteiger partial charge in [-0.15, -0.1) is 0 Å². The Hall–Kier alpha value is -1.60. The van der Waals surface area contributed by atoms with E-state index in [9.17, 15) is 4.79 Å². The normalized spacial score (nSPS) is 26.0. The summed E-state index contributed by atoms with van der Waals surface area (Å²) < 4.78 is 5.50. The molecule has 3 atom stereocenters. The number of nitrogens with zero attached hydrogens (tertiary/aromatic N) is 3. The van der Waals surface area contributed by atoms with E-state index in [1.807, 2.05) is 18.7 Å². The fourth-order valence-corrected chi connectivity index (χ4v) is 4.21. The molecule has 2 fully saturated rings. The first-order chi connectivity index (χ1) is 12.0. The van der Waals surface area contributed by atoms with Crippen LogP contribution in [0.15, 0.2) is 0 Å². The van der Waals surface area contributed by atoms with Crippen LogP contribution in [0.3, 0.4) is 0 Å². The van der Waals surface area contributed by atoms with Crippen LogP contribution in [0, 0.1) is 13.8 Å². The summed E-state index contributed by atoms with van der Waals surface area (Å²) in [4.78, 5) is 17.2. The number of rotatable bonds is 4. The number of H-pyrrole nitrogens is 1. The monoisotopic (exact) mass is 349 g/mol. The Morgan fingerprint density at radius 3 is 2.92 bits per heavy atom. The Bertz CT molecular complexity index is 583. The molecule has 1 aromatic rings. The molecule has 0 saturated carbocycles. The molecular weight excluding hydrogens is 318 g/mol. The molecule has 0 aromatic carbocycles. The first kappa shape index (κ1) is 18.2. The van der Waals surface area contributed by atoms with Crippen molar-refractivity contribution < 1.29 is 9.53 Å². The summed E-state index contributed by atoms with van der Waals surface area (Å²) in [5.74, 6) is 0. The van der Waals surface area contributed by atoms with E-state index in [4.69, 9.17) is 4.74 Å². The van der Waals surface area contributed by atoms with Crippen molar-refractivity contribution in [2.75, 3.05) is 32.8 Å². The Kier molecular flexibility index (Phi) is 5.64. The Morgan fingerprint density at radius 2 is 2.24 bits per heavy atom. The maximum atomic E-state index is 12.8. The van der Waals surface area contributed by atoms with Crippen molar-refractivity contribution in [2.45, 2.75) is 58.7 Å². The van der Waals surface area contributed by atoms with E-state index in [0.717, 1.165) is 50.5 Å². The number of nitrogens with one attached hydrogen (secondary N) is 2. The highest BCUT2D eigenvalue weighted by molar-refractivity contribution is 5.75. The second kappa shape index (κ2) is 7.74. The number of aryl methyl sites for hydroxylation is 2. The van der Waals surface area contributed by atoms with E-state index in [1.54, 1.807) is 0 Å². The predicted molar refractivity (Wildman–Crippen MR) is 96.6 cm³/mol. The molecule has 3 rings (SSSR count). The Labute approximate surface area is 150 Å². The number of aromatic amines is 1. The van der Waals surface area contributed by atoms with Crippen LogP contribution in [-0.2, 0) is 4.74 Å². The van der Waals surface area contributed by atoms with Crippen LogP contribution in [0.2, 0.25) is 0 Å². The highest BCUT2D eigenvalue weighted by Gasteiger charge is 2.33. The third kappa shape index (κ3) is 3.82. The fourth-order valence-electron chi connectivity index (χ4n) is 4.21. The third-order valence-electron chi connectivity index (χ3n) is 5.57. The fraction of sp³-hybridized carbons (Fsp3) is 0.778. The van der Waals surface area contributed by atoms with Crippen molar-refractivity contribution >= 4 is 6.03 Å². The molecule has 0 aliphatic carbocycles. The molecule has 3 heterocycles. The summed E-state index contributed by atoms with van der Waals surface area (Å²) >= 11 is 0. The molecule has 2 aliphatic heterocycles. The van der Waals surface area contributed by atoms with Gasteiger partial charge in [-0.1, -0.05) is 0 Å². The SMILES string of the molecule is Cc1n[nH]c(C)c1[C@@H]1CCCN1C(=O)NC[C@@H](C)N1CCOC[C@H]1C. The van der Waals surface area contributed by atoms with Crippen LogP contribution >= 0.6 is 0 Å². The molecule has 2 amide bonds. The van der Waals surface area contributed by atoms with Gasteiger partial charge >= 0.3 is 6.03 Å².